The molecule has 7 heteroatoms. The molecule has 0 unspecified atom stereocenters. The third-order valence-corrected chi connectivity index (χ3v) is 1.80. The van der Waals surface area contributed by atoms with Crippen LogP contribution in [0.15, 0.2) is 12.4 Å². The molecule has 0 saturated carbocycles. The van der Waals surface area contributed by atoms with Crippen molar-refractivity contribution in [2.75, 3.05) is 5.73 Å². The van der Waals surface area contributed by atoms with Gasteiger partial charge in [0.2, 0.25) is 0 Å². The Hall–Kier alpha value is -2.44. The predicted octanol–water partition coefficient (Wildman–Crippen LogP) is 0.0329. The lowest BCUT2D eigenvalue weighted by Gasteiger charge is -1.93. The van der Waals surface area contributed by atoms with Crippen molar-refractivity contribution in [1.29, 1.82) is 0 Å². The molecule has 0 saturated heterocycles. The molecule has 0 amide bonds. The summed E-state index contributed by atoms with van der Waals surface area (Å²) in [7, 11) is 0. The van der Waals surface area contributed by atoms with Crippen LogP contribution in [0.4, 0.5) is 5.82 Å². The normalized spacial score (nSPS) is 11.2. The quantitative estimate of drug-likeness (QED) is 0.595. The lowest BCUT2D eigenvalue weighted by molar-refractivity contribution is -0.131. The number of hydrogen-bond acceptors (Lipinski definition) is 5. The molecular formula is C8H7N5O2. The van der Waals surface area contributed by atoms with Crippen LogP contribution in [0, 0.1) is 0 Å². The first kappa shape index (κ1) is 9.13. The average Bonchev–Trinajstić information content (AvgIpc) is 2.59. The molecular weight excluding hydrogens is 198 g/mol. The van der Waals surface area contributed by atoms with E-state index in [-0.39, 0.29) is 5.82 Å². The van der Waals surface area contributed by atoms with E-state index >= 15 is 0 Å². The number of carbonyl (C=O) groups is 1. The maximum atomic E-state index is 10.3. The highest BCUT2D eigenvalue weighted by Gasteiger charge is 2.07. The number of hydrogen-bond donors (Lipinski definition) is 3. The van der Waals surface area contributed by atoms with E-state index in [1.165, 1.54) is 12.4 Å². The second-order valence-corrected chi connectivity index (χ2v) is 2.77. The number of anilines is 1. The predicted molar refractivity (Wildman–Crippen MR) is 52.8 cm³/mol. The molecule has 0 radical (unpaired) electrons. The fourth-order valence-corrected chi connectivity index (χ4v) is 1.18. The van der Waals surface area contributed by atoms with E-state index in [1.54, 1.807) is 0 Å². The number of rotatable bonds is 2. The summed E-state index contributed by atoms with van der Waals surface area (Å²) >= 11 is 0. The highest BCUT2D eigenvalue weighted by Crippen LogP contribution is 2.19. The first-order chi connectivity index (χ1) is 7.18. The molecule has 2 aromatic rings. The third-order valence-electron chi connectivity index (χ3n) is 1.80. The summed E-state index contributed by atoms with van der Waals surface area (Å²) in [4.78, 5) is 18.0. The van der Waals surface area contributed by atoms with E-state index in [2.05, 4.69) is 20.2 Å². The van der Waals surface area contributed by atoms with Gasteiger partial charge in [-0.2, -0.15) is 5.10 Å². The van der Waals surface area contributed by atoms with Crippen molar-refractivity contribution >= 4 is 28.9 Å². The maximum absolute atomic E-state index is 10.3. The monoisotopic (exact) mass is 205 g/mol. The van der Waals surface area contributed by atoms with Gasteiger partial charge < -0.3 is 10.8 Å². The topological polar surface area (TPSA) is 118 Å². The molecule has 2 heterocycles. The van der Waals surface area contributed by atoms with Crippen LogP contribution in [-0.2, 0) is 4.79 Å². The van der Waals surface area contributed by atoms with Gasteiger partial charge in [-0.05, 0) is 6.08 Å². The van der Waals surface area contributed by atoms with E-state index in [1.807, 2.05) is 0 Å². The van der Waals surface area contributed by atoms with Crippen LogP contribution in [-0.4, -0.2) is 31.2 Å². The van der Waals surface area contributed by atoms with Crippen molar-refractivity contribution in [3.05, 3.63) is 18.1 Å². The Morgan fingerprint density at radius 2 is 2.33 bits per heavy atom. The Bertz CT molecular complexity index is 545. The van der Waals surface area contributed by atoms with Crippen molar-refractivity contribution < 1.29 is 9.90 Å². The van der Waals surface area contributed by atoms with Gasteiger partial charge in [0.05, 0.1) is 11.1 Å². The van der Waals surface area contributed by atoms with Crippen LogP contribution in [0.25, 0.3) is 17.1 Å². The number of carboxylic acid groups (broad SMARTS) is 1. The molecule has 15 heavy (non-hydrogen) atoms. The van der Waals surface area contributed by atoms with Crippen molar-refractivity contribution in [2.45, 2.75) is 0 Å². The molecule has 0 spiro atoms. The minimum Gasteiger partial charge on any atom is -0.478 e. The van der Waals surface area contributed by atoms with Gasteiger partial charge in [0, 0.05) is 6.08 Å². The van der Waals surface area contributed by atoms with Crippen LogP contribution in [0.1, 0.15) is 5.69 Å². The first-order valence-corrected chi connectivity index (χ1v) is 4.04. The Labute approximate surface area is 83.7 Å². The summed E-state index contributed by atoms with van der Waals surface area (Å²) in [5, 5.41) is 15.5. The van der Waals surface area contributed by atoms with Gasteiger partial charge in [0.1, 0.15) is 12.1 Å². The molecule has 76 valence electrons. The Morgan fingerprint density at radius 3 is 3.07 bits per heavy atom. The molecule has 0 aromatic carbocycles. The fraction of sp³-hybridized carbons (Fsp3) is 0. The standard InChI is InChI=1S/C8H7N5O2/c9-7-6-4(1-2-5(14)15)12-13-8(6)11-3-10-7/h1-3H,(H,14,15)(H3,9,10,11,12,13). The van der Waals surface area contributed by atoms with Crippen molar-refractivity contribution in [1.82, 2.24) is 20.2 Å². The summed E-state index contributed by atoms with van der Waals surface area (Å²) in [6.45, 7) is 0. The van der Waals surface area contributed by atoms with Gasteiger partial charge in [0.15, 0.2) is 5.65 Å². The first-order valence-electron chi connectivity index (χ1n) is 4.04. The van der Waals surface area contributed by atoms with Crippen LogP contribution in [0.3, 0.4) is 0 Å². The van der Waals surface area contributed by atoms with Crippen LogP contribution in [0.2, 0.25) is 0 Å². The summed E-state index contributed by atoms with van der Waals surface area (Å²) < 4.78 is 0. The zero-order chi connectivity index (χ0) is 10.8. The minimum absolute atomic E-state index is 0.263. The molecule has 0 aliphatic rings. The number of nitrogen functional groups attached to an aromatic ring is 1. The summed E-state index contributed by atoms with van der Waals surface area (Å²) in [6, 6.07) is 0. The Morgan fingerprint density at radius 1 is 1.53 bits per heavy atom. The van der Waals surface area contributed by atoms with Crippen molar-refractivity contribution in [3.63, 3.8) is 0 Å². The molecule has 4 N–H and O–H groups in total. The summed E-state index contributed by atoms with van der Waals surface area (Å²) in [5.74, 6) is -0.785. The highest BCUT2D eigenvalue weighted by molar-refractivity contribution is 5.95. The number of carboxylic acids is 1. The number of nitrogens with one attached hydrogen (secondary N) is 1. The molecule has 2 rings (SSSR count). The van der Waals surface area contributed by atoms with E-state index in [0.29, 0.717) is 16.7 Å². The van der Waals surface area contributed by atoms with Crippen LogP contribution < -0.4 is 5.73 Å². The minimum atomic E-state index is -1.05. The zero-order valence-electron chi connectivity index (χ0n) is 7.51. The summed E-state index contributed by atoms with van der Waals surface area (Å²) in [6.07, 6.45) is 3.64. The Kier molecular flexibility index (Phi) is 2.05. The second kappa shape index (κ2) is 3.37. The molecule has 0 atom stereocenters. The molecule has 7 nitrogen and oxygen atoms in total. The van der Waals surface area contributed by atoms with Gasteiger partial charge in [-0.15, -0.1) is 0 Å². The largest absolute Gasteiger partial charge is 0.478 e. The van der Waals surface area contributed by atoms with E-state index in [4.69, 9.17) is 10.8 Å². The lowest BCUT2D eigenvalue weighted by atomic mass is 10.2. The fourth-order valence-electron chi connectivity index (χ4n) is 1.18. The molecule has 2 aromatic heterocycles. The van der Waals surface area contributed by atoms with E-state index < -0.39 is 5.97 Å². The number of nitrogens with two attached hydrogens (primary N) is 1. The summed E-state index contributed by atoms with van der Waals surface area (Å²) in [5.41, 5.74) is 6.50. The van der Waals surface area contributed by atoms with Crippen molar-refractivity contribution in [3.8, 4) is 0 Å². The smallest absolute Gasteiger partial charge is 0.328 e. The van der Waals surface area contributed by atoms with E-state index in [9.17, 15) is 4.79 Å². The number of aliphatic carboxylic acids is 1. The SMILES string of the molecule is Nc1ncnc2n[nH]c(C=CC(=O)O)c12. The third kappa shape index (κ3) is 1.62. The van der Waals surface area contributed by atoms with Gasteiger partial charge in [-0.25, -0.2) is 14.8 Å². The van der Waals surface area contributed by atoms with Gasteiger partial charge in [0.25, 0.3) is 0 Å². The average molecular weight is 205 g/mol. The zero-order valence-corrected chi connectivity index (χ0v) is 7.51. The molecule has 0 aliphatic heterocycles. The number of fused-ring (bicyclic) bond motifs is 1. The number of H-pyrrole nitrogens is 1. The van der Waals surface area contributed by atoms with Gasteiger partial charge in [-0.3, -0.25) is 5.10 Å². The second-order valence-electron chi connectivity index (χ2n) is 2.77. The number of aromatic amines is 1. The highest BCUT2D eigenvalue weighted by atomic mass is 16.4. The van der Waals surface area contributed by atoms with Crippen LogP contribution >= 0.6 is 0 Å². The van der Waals surface area contributed by atoms with Crippen molar-refractivity contribution in [2.24, 2.45) is 0 Å². The molecule has 0 bridgehead atoms. The van der Waals surface area contributed by atoms with Crippen LogP contribution in [0.5, 0.6) is 0 Å². The molecule has 0 aliphatic carbocycles. The number of nitrogens with zero attached hydrogens (tertiary/aromatic N) is 3. The maximum Gasteiger partial charge on any atom is 0.328 e. The molecule has 0 fully saturated rings. The van der Waals surface area contributed by atoms with Gasteiger partial charge in [-0.1, -0.05) is 0 Å². The Balaban J connectivity index is 2.57. The van der Waals surface area contributed by atoms with Gasteiger partial charge >= 0.3 is 5.97 Å². The lowest BCUT2D eigenvalue weighted by Crippen LogP contribution is -1.92. The van der Waals surface area contributed by atoms with E-state index in [0.717, 1.165) is 6.08 Å². The number of aromatic nitrogens is 4.